The van der Waals surface area contributed by atoms with Crippen molar-refractivity contribution < 1.29 is 14.3 Å². The van der Waals surface area contributed by atoms with Crippen molar-refractivity contribution in [2.75, 3.05) is 57.2 Å². The number of amides is 1. The lowest BCUT2D eigenvalue weighted by molar-refractivity contribution is -0.117. The average molecular weight is 394 g/mol. The molecule has 3 rings (SSSR count). The maximum absolute atomic E-state index is 12.6. The SMILES string of the molecule is COc1ccc(OC)c(NC(=O)CN2CCCN(c3ccccc3C#N)CC2)c1. The number of para-hydroxylation sites is 1. The first kappa shape index (κ1) is 20.5. The number of rotatable bonds is 6. The molecule has 1 fully saturated rings. The lowest BCUT2D eigenvalue weighted by atomic mass is 10.1. The summed E-state index contributed by atoms with van der Waals surface area (Å²) in [6.45, 7) is 3.51. The van der Waals surface area contributed by atoms with Gasteiger partial charge in [0.25, 0.3) is 0 Å². The highest BCUT2D eigenvalue weighted by Crippen LogP contribution is 2.29. The Kier molecular flexibility index (Phi) is 6.93. The zero-order chi connectivity index (χ0) is 20.6. The molecule has 0 unspecified atom stereocenters. The molecule has 152 valence electrons. The summed E-state index contributed by atoms with van der Waals surface area (Å²) in [6.07, 6.45) is 0.926. The molecule has 1 heterocycles. The minimum atomic E-state index is -0.0950. The van der Waals surface area contributed by atoms with Gasteiger partial charge >= 0.3 is 0 Å². The van der Waals surface area contributed by atoms with Crippen LogP contribution in [0.25, 0.3) is 0 Å². The summed E-state index contributed by atoms with van der Waals surface area (Å²) in [5, 5.41) is 12.3. The van der Waals surface area contributed by atoms with Gasteiger partial charge in [-0.25, -0.2) is 0 Å². The first-order valence-electron chi connectivity index (χ1n) is 9.63. The minimum absolute atomic E-state index is 0.0950. The number of anilines is 2. The Balaban J connectivity index is 1.60. The molecule has 0 saturated carbocycles. The molecule has 0 aromatic heterocycles. The lowest BCUT2D eigenvalue weighted by Crippen LogP contribution is -2.36. The molecular weight excluding hydrogens is 368 g/mol. The number of nitriles is 1. The molecule has 0 atom stereocenters. The maximum atomic E-state index is 12.6. The van der Waals surface area contributed by atoms with E-state index in [0.717, 1.165) is 38.3 Å². The summed E-state index contributed by atoms with van der Waals surface area (Å²) in [7, 11) is 3.15. The highest BCUT2D eigenvalue weighted by Gasteiger charge is 2.19. The fourth-order valence-corrected chi connectivity index (χ4v) is 3.52. The first-order valence-corrected chi connectivity index (χ1v) is 9.63. The Labute approximate surface area is 171 Å². The van der Waals surface area contributed by atoms with Crippen molar-refractivity contribution in [3.63, 3.8) is 0 Å². The van der Waals surface area contributed by atoms with Gasteiger partial charge in [-0.15, -0.1) is 0 Å². The van der Waals surface area contributed by atoms with Crippen LogP contribution in [0.2, 0.25) is 0 Å². The number of ether oxygens (including phenoxy) is 2. The highest BCUT2D eigenvalue weighted by atomic mass is 16.5. The molecule has 1 saturated heterocycles. The normalized spacial score (nSPS) is 14.6. The van der Waals surface area contributed by atoms with E-state index in [0.29, 0.717) is 29.3 Å². The summed E-state index contributed by atoms with van der Waals surface area (Å²) in [4.78, 5) is 17.0. The van der Waals surface area contributed by atoms with Gasteiger partial charge < -0.3 is 19.7 Å². The monoisotopic (exact) mass is 394 g/mol. The van der Waals surface area contributed by atoms with Crippen molar-refractivity contribution in [3.05, 3.63) is 48.0 Å². The van der Waals surface area contributed by atoms with Gasteiger partial charge in [0.05, 0.1) is 37.7 Å². The zero-order valence-electron chi connectivity index (χ0n) is 16.9. The maximum Gasteiger partial charge on any atom is 0.238 e. The third kappa shape index (κ3) is 5.18. The van der Waals surface area contributed by atoms with E-state index in [9.17, 15) is 10.1 Å². The van der Waals surface area contributed by atoms with Gasteiger partial charge in [-0.1, -0.05) is 12.1 Å². The van der Waals surface area contributed by atoms with E-state index in [1.165, 1.54) is 0 Å². The number of hydrogen-bond acceptors (Lipinski definition) is 6. The van der Waals surface area contributed by atoms with Crippen molar-refractivity contribution in [3.8, 4) is 17.6 Å². The van der Waals surface area contributed by atoms with E-state index in [4.69, 9.17) is 9.47 Å². The molecule has 2 aromatic carbocycles. The van der Waals surface area contributed by atoms with Crippen LogP contribution in [0.15, 0.2) is 42.5 Å². The van der Waals surface area contributed by atoms with E-state index in [1.807, 2.05) is 24.3 Å². The van der Waals surface area contributed by atoms with Gasteiger partial charge in [-0.3, -0.25) is 9.69 Å². The van der Waals surface area contributed by atoms with Crippen LogP contribution in [-0.4, -0.2) is 57.8 Å². The number of carbonyl (C=O) groups excluding carboxylic acids is 1. The molecule has 29 heavy (non-hydrogen) atoms. The van der Waals surface area contributed by atoms with E-state index < -0.39 is 0 Å². The van der Waals surface area contributed by atoms with Crippen LogP contribution in [-0.2, 0) is 4.79 Å². The Morgan fingerprint density at radius 3 is 2.69 bits per heavy atom. The number of hydrogen-bond donors (Lipinski definition) is 1. The fraction of sp³-hybridized carbons (Fsp3) is 0.364. The Hall–Kier alpha value is -3.24. The molecule has 0 bridgehead atoms. The van der Waals surface area contributed by atoms with Gasteiger partial charge in [-0.2, -0.15) is 5.26 Å². The predicted molar refractivity (Wildman–Crippen MR) is 113 cm³/mol. The van der Waals surface area contributed by atoms with Crippen molar-refractivity contribution >= 4 is 17.3 Å². The molecule has 0 radical (unpaired) electrons. The van der Waals surface area contributed by atoms with Crippen molar-refractivity contribution in [1.29, 1.82) is 5.26 Å². The third-order valence-corrected chi connectivity index (χ3v) is 5.00. The Morgan fingerprint density at radius 1 is 1.10 bits per heavy atom. The second-order valence-electron chi connectivity index (χ2n) is 6.86. The molecule has 0 spiro atoms. The van der Waals surface area contributed by atoms with Crippen LogP contribution in [0.3, 0.4) is 0 Å². The summed E-state index contributed by atoms with van der Waals surface area (Å²) >= 11 is 0. The zero-order valence-corrected chi connectivity index (χ0v) is 16.9. The molecule has 1 aliphatic rings. The lowest BCUT2D eigenvalue weighted by Gasteiger charge is -2.24. The summed E-state index contributed by atoms with van der Waals surface area (Å²) in [5.74, 6) is 1.15. The summed E-state index contributed by atoms with van der Waals surface area (Å²) < 4.78 is 10.6. The summed E-state index contributed by atoms with van der Waals surface area (Å²) in [5.41, 5.74) is 2.24. The summed E-state index contributed by atoms with van der Waals surface area (Å²) in [6, 6.07) is 15.2. The van der Waals surface area contributed by atoms with E-state index >= 15 is 0 Å². The molecule has 2 aromatic rings. The van der Waals surface area contributed by atoms with Gasteiger partial charge in [-0.05, 0) is 30.7 Å². The number of nitrogens with zero attached hydrogens (tertiary/aromatic N) is 3. The average Bonchev–Trinajstić information content (AvgIpc) is 2.99. The van der Waals surface area contributed by atoms with E-state index in [2.05, 4.69) is 21.2 Å². The van der Waals surface area contributed by atoms with Crippen LogP contribution in [0.1, 0.15) is 12.0 Å². The predicted octanol–water partition coefficient (Wildman–Crippen LogP) is 2.73. The second kappa shape index (κ2) is 9.80. The van der Waals surface area contributed by atoms with Crippen molar-refractivity contribution in [2.45, 2.75) is 6.42 Å². The van der Waals surface area contributed by atoms with Crippen molar-refractivity contribution in [1.82, 2.24) is 4.90 Å². The Bertz CT molecular complexity index is 894. The van der Waals surface area contributed by atoms with Crippen molar-refractivity contribution in [2.24, 2.45) is 0 Å². The smallest absolute Gasteiger partial charge is 0.238 e. The van der Waals surface area contributed by atoms with Crippen LogP contribution in [0.4, 0.5) is 11.4 Å². The quantitative estimate of drug-likeness (QED) is 0.812. The largest absolute Gasteiger partial charge is 0.497 e. The number of benzene rings is 2. The molecule has 1 N–H and O–H groups in total. The number of methoxy groups -OCH3 is 2. The molecule has 1 aliphatic heterocycles. The molecule has 7 heteroatoms. The van der Waals surface area contributed by atoms with Gasteiger partial charge in [0.2, 0.25) is 5.91 Å². The number of carbonyl (C=O) groups is 1. The standard InChI is InChI=1S/C22H26N4O3/c1-28-18-8-9-21(29-2)19(14-18)24-22(27)16-25-10-5-11-26(13-12-25)20-7-4-3-6-17(20)15-23/h3-4,6-9,14H,5,10-13,16H2,1-2H3,(H,24,27). The van der Waals surface area contributed by atoms with Gasteiger partial charge in [0.15, 0.2) is 0 Å². The molecular formula is C22H26N4O3. The van der Waals surface area contributed by atoms with Gasteiger partial charge in [0, 0.05) is 32.2 Å². The molecule has 7 nitrogen and oxygen atoms in total. The van der Waals surface area contributed by atoms with Crippen LogP contribution in [0.5, 0.6) is 11.5 Å². The van der Waals surface area contributed by atoms with Gasteiger partial charge in [0.1, 0.15) is 17.6 Å². The minimum Gasteiger partial charge on any atom is -0.497 e. The second-order valence-corrected chi connectivity index (χ2v) is 6.86. The number of nitrogens with one attached hydrogen (secondary N) is 1. The topological polar surface area (TPSA) is 77.8 Å². The highest BCUT2D eigenvalue weighted by molar-refractivity contribution is 5.94. The molecule has 1 amide bonds. The first-order chi connectivity index (χ1) is 14.1. The van der Waals surface area contributed by atoms with Crippen LogP contribution in [0, 0.1) is 11.3 Å². The van der Waals surface area contributed by atoms with E-state index in [-0.39, 0.29) is 5.91 Å². The molecule has 0 aliphatic carbocycles. The van der Waals surface area contributed by atoms with Crippen LogP contribution >= 0.6 is 0 Å². The van der Waals surface area contributed by atoms with Crippen LogP contribution < -0.4 is 19.7 Å². The Morgan fingerprint density at radius 2 is 1.93 bits per heavy atom. The fourth-order valence-electron chi connectivity index (χ4n) is 3.52. The van der Waals surface area contributed by atoms with E-state index in [1.54, 1.807) is 32.4 Å². The third-order valence-electron chi connectivity index (χ3n) is 5.00.